The van der Waals surface area contributed by atoms with E-state index >= 15 is 0 Å². The van der Waals surface area contributed by atoms with E-state index in [9.17, 15) is 0 Å². The monoisotopic (exact) mass is 540 g/mol. The van der Waals surface area contributed by atoms with Crippen LogP contribution in [0, 0.1) is 0 Å². The summed E-state index contributed by atoms with van der Waals surface area (Å²) in [5.74, 6) is 0. The largest absolute Gasteiger partial charge is 2.00 e. The Hall–Kier alpha value is -3.70. The molecule has 0 aliphatic rings. The zero-order chi connectivity index (χ0) is 24.2. The van der Waals surface area contributed by atoms with Crippen LogP contribution in [0.2, 0.25) is 0 Å². The number of benzene rings is 2. The molecule has 2 aromatic carbocycles. The first-order valence-electron chi connectivity index (χ1n) is 9.93. The molecule has 0 saturated carbocycles. The van der Waals surface area contributed by atoms with Crippen molar-refractivity contribution in [2.75, 3.05) is 0 Å². The summed E-state index contributed by atoms with van der Waals surface area (Å²) in [6.45, 7) is 0. The van der Waals surface area contributed by atoms with Crippen molar-refractivity contribution in [3.8, 4) is 0 Å². The van der Waals surface area contributed by atoms with Gasteiger partial charge in [-0.3, -0.25) is 19.9 Å². The molecule has 6 rings (SSSR count). The van der Waals surface area contributed by atoms with Gasteiger partial charge in [-0.05, 0) is 24.3 Å². The van der Waals surface area contributed by atoms with Crippen LogP contribution in [-0.4, -0.2) is 30.3 Å². The maximum atomic E-state index is 7.13. The second kappa shape index (κ2) is 14.5. The van der Waals surface area contributed by atoms with Crippen LogP contribution in [0.25, 0.3) is 54.4 Å². The normalized spacial score (nSPS) is 9.14. The molecule has 0 fully saturated rings. The molecule has 35 heavy (non-hydrogen) atoms. The predicted octanol–water partition coefficient (Wildman–Crippen LogP) is 6.88. The van der Waals surface area contributed by atoms with Gasteiger partial charge < -0.3 is 10.8 Å². The molecule has 6 aromatic rings. The maximum absolute atomic E-state index is 7.13. The van der Waals surface area contributed by atoms with Crippen LogP contribution < -0.4 is 0 Å². The van der Waals surface area contributed by atoms with E-state index in [4.69, 9.17) is 10.8 Å². The molecule has 0 amide bonds. The number of pyridine rings is 4. The second-order valence-electron chi connectivity index (χ2n) is 6.61. The minimum Gasteiger partial charge on any atom is -0.753 e. The summed E-state index contributed by atoms with van der Waals surface area (Å²) >= 11 is 7.40. The number of rotatable bonds is 0. The Balaban J connectivity index is 0.000000198. The molecule has 164 valence electrons. The van der Waals surface area contributed by atoms with Crippen molar-refractivity contribution < 1.29 is 19.5 Å². The van der Waals surface area contributed by atoms with Crippen molar-refractivity contribution in [3.05, 3.63) is 108 Å². The van der Waals surface area contributed by atoms with Crippen molar-refractivity contribution in [1.29, 1.82) is 0 Å². The van der Waals surface area contributed by atoms with E-state index in [1.54, 1.807) is 24.8 Å². The van der Waals surface area contributed by atoms with E-state index in [-0.39, 0.29) is 19.5 Å². The second-order valence-corrected chi connectivity index (χ2v) is 6.98. The molecule has 0 unspecified atom stereocenters. The minimum absolute atomic E-state index is 0. The van der Waals surface area contributed by atoms with E-state index in [0.29, 0.717) is 0 Å². The Labute approximate surface area is 225 Å². The molecule has 0 radical (unpaired) electrons. The van der Waals surface area contributed by atoms with Gasteiger partial charge in [0.15, 0.2) is 0 Å². The summed E-state index contributed by atoms with van der Waals surface area (Å²) in [6, 6.07) is 24.3. The molecule has 0 saturated heterocycles. The number of fused-ring (bicyclic) bond motifs is 6. The van der Waals surface area contributed by atoms with Gasteiger partial charge in [-0.15, -0.1) is 0 Å². The van der Waals surface area contributed by atoms with Gasteiger partial charge in [-0.1, -0.05) is 73.0 Å². The zero-order valence-electron chi connectivity index (χ0n) is 18.4. The summed E-state index contributed by atoms with van der Waals surface area (Å²) in [5.41, 5.74) is 3.91. The van der Waals surface area contributed by atoms with Crippen molar-refractivity contribution in [3.63, 3.8) is 0 Å². The van der Waals surface area contributed by atoms with Crippen molar-refractivity contribution in [1.82, 2.24) is 19.9 Å². The number of aromatic nitrogens is 4. The third-order valence-corrected chi connectivity index (χ3v) is 4.69. The summed E-state index contributed by atoms with van der Waals surface area (Å²) < 4.78 is 0. The Morgan fingerprint density at radius 3 is 0.857 bits per heavy atom. The van der Waals surface area contributed by atoms with Gasteiger partial charge >= 0.3 is 19.5 Å². The first kappa shape index (κ1) is 27.5. The molecule has 0 N–H and O–H groups in total. The molecule has 0 atom stereocenters. The zero-order valence-corrected chi connectivity index (χ0v) is 23.0. The Kier molecular flexibility index (Phi) is 11.4. The van der Waals surface area contributed by atoms with Crippen LogP contribution >= 0.6 is 24.4 Å². The van der Waals surface area contributed by atoms with Gasteiger partial charge in [0.25, 0.3) is 0 Å². The fourth-order valence-corrected chi connectivity index (χ4v) is 3.36. The van der Waals surface area contributed by atoms with Gasteiger partial charge in [0, 0.05) is 46.3 Å². The summed E-state index contributed by atoms with van der Waals surface area (Å²) in [6.07, 6.45) is 7.21. The molecule has 0 aliphatic carbocycles. The number of thiocarbonyl (C=S) groups is 2. The molecule has 0 aliphatic heterocycles. The quantitative estimate of drug-likeness (QED) is 0.0899. The van der Waals surface area contributed by atoms with Gasteiger partial charge in [-0.25, -0.2) is 0 Å². The predicted molar refractivity (Wildman–Crippen MR) is 146 cm³/mol. The molecule has 4 aromatic heterocycles. The number of hydrogen-bond donors (Lipinski definition) is 0. The standard InChI is InChI=1S/2C12H8N2.2CNS.Zn/c2*1-3-9-5-6-10-4-2-8-14-12(10)11(9)13-7-1;2*2-1-3;/h2*1-8H;;;/q;;2*-1;+2. The Morgan fingerprint density at radius 1 is 0.457 bits per heavy atom. The van der Waals surface area contributed by atoms with E-state index in [0.717, 1.165) is 43.6 Å². The average molecular weight is 542 g/mol. The first-order valence-corrected chi connectivity index (χ1v) is 10.7. The fourth-order valence-electron chi connectivity index (χ4n) is 3.36. The molecular weight excluding hydrogens is 526 g/mol. The van der Waals surface area contributed by atoms with Gasteiger partial charge in [0.1, 0.15) is 0 Å². The van der Waals surface area contributed by atoms with Crippen LogP contribution in [0.1, 0.15) is 0 Å². The summed E-state index contributed by atoms with van der Waals surface area (Å²) in [7, 11) is 0. The van der Waals surface area contributed by atoms with Gasteiger partial charge in [0.2, 0.25) is 0 Å². The molecule has 6 nitrogen and oxygen atoms in total. The molecule has 4 heterocycles. The van der Waals surface area contributed by atoms with Crippen LogP contribution in [0.15, 0.2) is 97.6 Å². The molecule has 0 bridgehead atoms. The van der Waals surface area contributed by atoms with E-state index in [1.807, 2.05) is 24.3 Å². The summed E-state index contributed by atoms with van der Waals surface area (Å²) in [4.78, 5) is 17.4. The Morgan fingerprint density at radius 2 is 0.657 bits per heavy atom. The number of isothiocyanates is 2. The van der Waals surface area contributed by atoms with Crippen molar-refractivity contribution in [2.45, 2.75) is 0 Å². The third kappa shape index (κ3) is 7.14. The van der Waals surface area contributed by atoms with E-state index in [1.165, 1.54) is 10.3 Å². The molecule has 0 spiro atoms. The van der Waals surface area contributed by atoms with Crippen LogP contribution in [0.4, 0.5) is 0 Å². The van der Waals surface area contributed by atoms with Gasteiger partial charge in [-0.2, -0.15) is 10.3 Å². The van der Waals surface area contributed by atoms with Crippen LogP contribution in [-0.2, 0) is 19.5 Å². The van der Waals surface area contributed by atoms with Crippen LogP contribution in [0.5, 0.6) is 0 Å². The maximum Gasteiger partial charge on any atom is 2.00 e. The number of nitrogens with zero attached hydrogens (tertiary/aromatic N) is 6. The molecule has 9 heteroatoms. The van der Waals surface area contributed by atoms with Crippen molar-refractivity contribution >= 4 is 78.4 Å². The topological polar surface area (TPSA) is 96.2 Å². The average Bonchev–Trinajstić information content (AvgIpc) is 2.90. The number of hydrogen-bond acceptors (Lipinski definition) is 6. The van der Waals surface area contributed by atoms with E-state index < -0.39 is 0 Å². The fraction of sp³-hybridized carbons (Fsp3) is 0. The van der Waals surface area contributed by atoms with Crippen molar-refractivity contribution in [2.24, 2.45) is 0 Å². The van der Waals surface area contributed by atoms with Crippen LogP contribution in [0.3, 0.4) is 0 Å². The van der Waals surface area contributed by atoms with Gasteiger partial charge in [0.05, 0.1) is 22.1 Å². The molecular formula is C26H16N6S2Zn. The third-order valence-electron chi connectivity index (χ3n) is 4.69. The smallest absolute Gasteiger partial charge is 0.753 e. The SMILES string of the molecule is [N-]=C=S.[N-]=C=S.[Zn+2].c1cnc2c(c1)ccc1cccnc12.c1cnc2c(c1)ccc1cccnc12. The summed E-state index contributed by atoms with van der Waals surface area (Å²) in [5, 5.41) is 21.5. The van der Waals surface area contributed by atoms with E-state index in [2.05, 4.69) is 92.9 Å². The first-order chi connectivity index (χ1) is 16.7. The Bertz CT molecular complexity index is 1400. The minimum atomic E-state index is 0.